The fraction of sp³-hybridized carbons (Fsp3) is 1.00. The van der Waals surface area contributed by atoms with Gasteiger partial charge in [-0.3, -0.25) is 0 Å². The zero-order valence-electron chi connectivity index (χ0n) is 40.4. The molecule has 0 amide bonds. The van der Waals surface area contributed by atoms with E-state index in [0.717, 1.165) is 0 Å². The molecular formula is C42H70O35. The van der Waals surface area contributed by atoms with Crippen molar-refractivity contribution >= 4 is 0 Å². The lowest BCUT2D eigenvalue weighted by molar-refractivity contribution is -0.309. The summed E-state index contributed by atoms with van der Waals surface area (Å²) in [6.07, 6.45) is -57.4. The molecule has 0 aromatic carbocycles. The van der Waals surface area contributed by atoms with Gasteiger partial charge in [0.1, 0.15) is 159 Å². The van der Waals surface area contributed by atoms with Crippen LogP contribution in [0.3, 0.4) is 0 Å². The first kappa shape index (κ1) is 61.7. The Morgan fingerprint density at radius 2 is 0.506 bits per heavy atom. The summed E-state index contributed by atoms with van der Waals surface area (Å²) >= 11 is 0. The van der Waals surface area contributed by atoms with E-state index in [1.165, 1.54) is 0 Å². The highest BCUT2D eigenvalue weighted by atomic mass is 16.8. The van der Waals surface area contributed by atoms with Crippen LogP contribution in [-0.2, 0) is 71.1 Å². The molecule has 77 heavy (non-hydrogen) atoms. The molecule has 0 aromatic heterocycles. The Balaban J connectivity index is 0.938. The predicted octanol–water partition coefficient (Wildman–Crippen LogP) is -14.6. The van der Waals surface area contributed by atoms with Crippen LogP contribution in [0.2, 0.25) is 0 Å². The number of rotatable bonds is 22. The predicted molar refractivity (Wildman–Crippen MR) is 228 cm³/mol. The summed E-state index contributed by atoms with van der Waals surface area (Å²) in [5.74, 6) is 0. The van der Waals surface area contributed by atoms with Gasteiger partial charge in [-0.25, -0.2) is 0 Å². The lowest BCUT2D eigenvalue weighted by atomic mass is 9.99. The smallest absolute Gasteiger partial charge is 0.187 e. The minimum Gasteiger partial charge on any atom is -0.394 e. The highest BCUT2D eigenvalue weighted by Gasteiger charge is 2.57. The van der Waals surface area contributed by atoms with Gasteiger partial charge in [0.05, 0.1) is 52.9 Å². The highest BCUT2D eigenvalue weighted by molar-refractivity contribution is 4.98. The summed E-state index contributed by atoms with van der Waals surface area (Å²) in [5, 5.41) is 208. The van der Waals surface area contributed by atoms with Crippen molar-refractivity contribution in [2.75, 3.05) is 52.9 Å². The number of hydrogen-bond donors (Lipinski definition) is 20. The Morgan fingerprint density at radius 1 is 0.221 bits per heavy atom. The van der Waals surface area contributed by atoms with Gasteiger partial charge in [0.25, 0.3) is 0 Å². The van der Waals surface area contributed by atoms with Crippen molar-refractivity contribution in [1.82, 2.24) is 0 Å². The second-order valence-electron chi connectivity index (χ2n) is 19.6. The zero-order chi connectivity index (χ0) is 55.9. The second-order valence-corrected chi connectivity index (χ2v) is 19.6. The quantitative estimate of drug-likeness (QED) is 0.0479. The molecule has 448 valence electrons. The van der Waals surface area contributed by atoms with Crippen LogP contribution in [0.1, 0.15) is 0 Å². The van der Waals surface area contributed by atoms with Crippen LogP contribution in [0.25, 0.3) is 0 Å². The third-order valence-electron chi connectivity index (χ3n) is 14.5. The molecular weight excluding hydrogens is 1060 g/mol. The van der Waals surface area contributed by atoms with E-state index in [1.54, 1.807) is 0 Å². The van der Waals surface area contributed by atoms with Gasteiger partial charge in [0.2, 0.25) is 0 Å². The molecule has 0 aromatic rings. The first-order chi connectivity index (χ1) is 36.6. The molecule has 0 aliphatic carbocycles. The molecule has 35 nitrogen and oxygen atoms in total. The average Bonchev–Trinajstić information content (AvgIpc) is 4.20. The highest BCUT2D eigenvalue weighted by Crippen LogP contribution is 2.37. The van der Waals surface area contributed by atoms with Crippen LogP contribution < -0.4 is 0 Å². The Morgan fingerprint density at radius 3 is 0.935 bits per heavy atom. The Hall–Kier alpha value is -1.40. The molecule has 8 rings (SSSR count). The van der Waals surface area contributed by atoms with Gasteiger partial charge in [-0.05, 0) is 0 Å². The first-order valence-electron chi connectivity index (χ1n) is 24.6. The van der Waals surface area contributed by atoms with E-state index in [0.29, 0.717) is 0 Å². The fourth-order valence-electron chi connectivity index (χ4n) is 9.82. The summed E-state index contributed by atoms with van der Waals surface area (Å²) in [6.45, 7) is -5.91. The van der Waals surface area contributed by atoms with Crippen molar-refractivity contribution in [3.8, 4) is 0 Å². The topological polar surface area (TPSA) is 543 Å². The molecule has 0 saturated carbocycles. The van der Waals surface area contributed by atoms with E-state index in [2.05, 4.69) is 0 Å². The van der Waals surface area contributed by atoms with Crippen LogP contribution in [0, 0.1) is 0 Å². The average molecular weight is 1130 g/mol. The standard InChI is InChI=1S/C42H70O35/c43-1-9-17(47)24(54)29(59)36(68-9)63-6-14-20(50)27(57)39(72-14)76-33-22(52)11(3-45)70-41(33)66-8-16-32(31(61)38(74-16)65-5-13-19(49)26(56)35(62)67-13)75-42-34(23(53)12(4-46)71-42)77-40-28(58)21(51)15(73-40)7-64-37-30(60)25(55)18(48)10(2-44)69-37/h9-62H,1-8H2/t9-,10-,11-,12-,13-,14-,15-,16-,17-,18-,19-,20-,21-,22-,23-,24+,25+,26+,27+,28+,29+,30+,31+,32-,33+,34+,35?,36+,37+,38+,39+,40+,41+,42-/m1/s1. The third kappa shape index (κ3) is 12.9. The van der Waals surface area contributed by atoms with Crippen molar-refractivity contribution in [3.63, 3.8) is 0 Å². The van der Waals surface area contributed by atoms with Gasteiger partial charge in [0, 0.05) is 0 Å². The molecule has 8 saturated heterocycles. The van der Waals surface area contributed by atoms with Crippen molar-refractivity contribution in [1.29, 1.82) is 0 Å². The summed E-state index contributed by atoms with van der Waals surface area (Å²) in [6, 6.07) is 0. The number of hydrogen-bond acceptors (Lipinski definition) is 35. The van der Waals surface area contributed by atoms with Gasteiger partial charge >= 0.3 is 0 Å². The van der Waals surface area contributed by atoms with Crippen LogP contribution in [0.15, 0.2) is 0 Å². The molecule has 0 spiro atoms. The summed E-state index contributed by atoms with van der Waals surface area (Å²) in [5.41, 5.74) is 0. The molecule has 8 fully saturated rings. The molecule has 8 aliphatic rings. The van der Waals surface area contributed by atoms with Crippen molar-refractivity contribution in [2.45, 2.75) is 209 Å². The van der Waals surface area contributed by atoms with E-state index in [4.69, 9.17) is 71.1 Å². The number of ether oxygens (including phenoxy) is 15. The molecule has 0 bridgehead atoms. The monoisotopic (exact) mass is 1130 g/mol. The molecule has 20 N–H and O–H groups in total. The maximum absolute atomic E-state index is 11.7. The van der Waals surface area contributed by atoms with Crippen LogP contribution >= 0.6 is 0 Å². The number of aliphatic hydroxyl groups is 20. The van der Waals surface area contributed by atoms with Crippen LogP contribution in [0.5, 0.6) is 0 Å². The van der Waals surface area contributed by atoms with Crippen molar-refractivity contribution in [2.24, 2.45) is 0 Å². The minimum absolute atomic E-state index is 0.634. The molecule has 8 heterocycles. The van der Waals surface area contributed by atoms with E-state index >= 15 is 0 Å². The Kier molecular flexibility index (Phi) is 21.2. The molecule has 8 aliphatic heterocycles. The largest absolute Gasteiger partial charge is 0.394 e. The summed E-state index contributed by atoms with van der Waals surface area (Å²) < 4.78 is 84.8. The normalized spacial score (nSPS) is 53.3. The van der Waals surface area contributed by atoms with Crippen molar-refractivity contribution < 1.29 is 173 Å². The van der Waals surface area contributed by atoms with E-state index < -0.39 is 262 Å². The summed E-state index contributed by atoms with van der Waals surface area (Å²) in [4.78, 5) is 0. The number of aliphatic hydroxyl groups excluding tert-OH is 20. The first-order valence-corrected chi connectivity index (χ1v) is 24.6. The van der Waals surface area contributed by atoms with Crippen LogP contribution in [0.4, 0.5) is 0 Å². The van der Waals surface area contributed by atoms with Crippen LogP contribution in [-0.4, -0.2) is 364 Å². The van der Waals surface area contributed by atoms with Crippen molar-refractivity contribution in [3.05, 3.63) is 0 Å². The van der Waals surface area contributed by atoms with E-state index in [9.17, 15) is 102 Å². The zero-order valence-corrected chi connectivity index (χ0v) is 40.4. The third-order valence-corrected chi connectivity index (χ3v) is 14.5. The minimum atomic E-state index is -1.90. The van der Waals surface area contributed by atoms with Gasteiger partial charge in [-0.1, -0.05) is 0 Å². The lowest BCUT2D eigenvalue weighted by Crippen LogP contribution is -2.59. The lowest BCUT2D eigenvalue weighted by Gasteiger charge is -2.39. The fourth-order valence-corrected chi connectivity index (χ4v) is 9.82. The maximum atomic E-state index is 11.7. The SMILES string of the molecule is OC[C@H]1O[C@H](OC[C@H]2O[C@@H](O[C@@H]3[C@@H](OC[C@H]4O[C@H](OC[C@H]5OC(O)[C@@H](O)[C@@H]5O)[C@@H](O)[C@@H]4O[C@H]4O[C@H](CO)[C@@H](O)[C@@H]4O[C@@H]4O[C@H](CO[C@H]5O[C@H](CO)[C@@H](O)[C@H](O)[C@@H]5O)[C@@H](O)[C@@H]4O)O[C@H](CO)[C@H]3O)[C@@H](O)[C@@H]2O)[C@@H](O)[C@@H](O)[C@@H]1O. The van der Waals surface area contributed by atoms with E-state index in [-0.39, 0.29) is 0 Å². The van der Waals surface area contributed by atoms with Gasteiger partial charge in [-0.2, -0.15) is 0 Å². The van der Waals surface area contributed by atoms with Gasteiger partial charge < -0.3 is 173 Å². The molecule has 35 heteroatoms. The van der Waals surface area contributed by atoms with E-state index in [1.807, 2.05) is 0 Å². The second kappa shape index (κ2) is 26.5. The Labute approximate surface area is 434 Å². The van der Waals surface area contributed by atoms with Gasteiger partial charge in [0.15, 0.2) is 50.3 Å². The molecule has 34 atom stereocenters. The molecule has 1 unspecified atom stereocenters. The summed E-state index contributed by atoms with van der Waals surface area (Å²) in [7, 11) is 0. The Bertz CT molecular complexity index is 1810. The maximum Gasteiger partial charge on any atom is 0.187 e. The molecule has 0 radical (unpaired) electrons. The van der Waals surface area contributed by atoms with Gasteiger partial charge in [-0.15, -0.1) is 0 Å².